The van der Waals surface area contributed by atoms with E-state index in [0.717, 1.165) is 22.4 Å². The molecule has 0 aliphatic rings. The van der Waals surface area contributed by atoms with Gasteiger partial charge in [-0.15, -0.1) is 0 Å². The molecule has 0 spiro atoms. The Hall–Kier alpha value is -2.29. The summed E-state index contributed by atoms with van der Waals surface area (Å²) in [7, 11) is 1.63. The maximum Gasteiger partial charge on any atom is 0.224 e. The summed E-state index contributed by atoms with van der Waals surface area (Å²) in [4.78, 5) is 11.2. The molecule has 2 aromatic carbocycles. The summed E-state index contributed by atoms with van der Waals surface area (Å²) in [6.45, 7) is 1.79. The van der Waals surface area contributed by atoms with Crippen LogP contribution in [0.15, 0.2) is 48.5 Å². The molecule has 0 radical (unpaired) electrons. The van der Waals surface area contributed by atoms with E-state index in [1.54, 1.807) is 14.0 Å². The van der Waals surface area contributed by atoms with Gasteiger partial charge in [0.1, 0.15) is 5.75 Å². The number of nitrogens with two attached hydrogens (primary N) is 1. The first-order valence-corrected chi connectivity index (χ1v) is 6.16. The lowest BCUT2D eigenvalue weighted by molar-refractivity contribution is -0.119. The van der Waals surface area contributed by atoms with Crippen LogP contribution in [0.25, 0.3) is 11.1 Å². The molecule has 19 heavy (non-hydrogen) atoms. The predicted molar refractivity (Wildman–Crippen MR) is 76.0 cm³/mol. The molecule has 0 bridgehead atoms. The SMILES string of the molecule is COc1cc(C(C)C(N)=O)ccc1-c1ccccc1. The van der Waals surface area contributed by atoms with Gasteiger partial charge in [0.25, 0.3) is 0 Å². The van der Waals surface area contributed by atoms with Crippen LogP contribution in [-0.4, -0.2) is 13.0 Å². The first kappa shape index (κ1) is 13.1. The van der Waals surface area contributed by atoms with Crippen LogP contribution < -0.4 is 10.5 Å². The Labute approximate surface area is 113 Å². The van der Waals surface area contributed by atoms with Gasteiger partial charge in [0.2, 0.25) is 5.91 Å². The molecular weight excluding hydrogens is 238 g/mol. The molecule has 3 nitrogen and oxygen atoms in total. The number of rotatable bonds is 4. The predicted octanol–water partition coefficient (Wildman–Crippen LogP) is 2.95. The average Bonchev–Trinajstić information content (AvgIpc) is 2.46. The van der Waals surface area contributed by atoms with Gasteiger partial charge in [-0.2, -0.15) is 0 Å². The van der Waals surface area contributed by atoms with Crippen molar-refractivity contribution < 1.29 is 9.53 Å². The van der Waals surface area contributed by atoms with Crippen LogP contribution in [0.4, 0.5) is 0 Å². The Morgan fingerprint density at radius 2 is 1.84 bits per heavy atom. The smallest absolute Gasteiger partial charge is 0.224 e. The van der Waals surface area contributed by atoms with Gasteiger partial charge < -0.3 is 10.5 Å². The summed E-state index contributed by atoms with van der Waals surface area (Å²) in [5.74, 6) is 0.0880. The lowest BCUT2D eigenvalue weighted by Crippen LogP contribution is -2.18. The van der Waals surface area contributed by atoms with Crippen molar-refractivity contribution in [1.29, 1.82) is 0 Å². The van der Waals surface area contributed by atoms with E-state index in [1.165, 1.54) is 0 Å². The van der Waals surface area contributed by atoms with E-state index in [1.807, 2.05) is 48.5 Å². The van der Waals surface area contributed by atoms with Crippen LogP contribution in [0.5, 0.6) is 5.75 Å². The number of carbonyl (C=O) groups excluding carboxylic acids is 1. The van der Waals surface area contributed by atoms with Gasteiger partial charge in [0.05, 0.1) is 13.0 Å². The largest absolute Gasteiger partial charge is 0.496 e. The van der Waals surface area contributed by atoms with E-state index in [4.69, 9.17) is 10.5 Å². The third-order valence-electron chi connectivity index (χ3n) is 3.24. The zero-order valence-corrected chi connectivity index (χ0v) is 11.1. The van der Waals surface area contributed by atoms with Crippen LogP contribution in [0, 0.1) is 0 Å². The summed E-state index contributed by atoms with van der Waals surface area (Å²) in [6, 6.07) is 15.7. The van der Waals surface area contributed by atoms with Crippen LogP contribution in [-0.2, 0) is 4.79 Å². The zero-order valence-electron chi connectivity index (χ0n) is 11.1. The summed E-state index contributed by atoms with van der Waals surface area (Å²) < 4.78 is 5.42. The molecule has 2 aromatic rings. The topological polar surface area (TPSA) is 52.3 Å². The summed E-state index contributed by atoms with van der Waals surface area (Å²) in [5, 5.41) is 0. The molecule has 0 saturated heterocycles. The van der Waals surface area contributed by atoms with E-state index >= 15 is 0 Å². The number of hydrogen-bond acceptors (Lipinski definition) is 2. The molecule has 2 N–H and O–H groups in total. The molecule has 0 aliphatic heterocycles. The van der Waals surface area contributed by atoms with E-state index in [0.29, 0.717) is 0 Å². The Balaban J connectivity index is 2.46. The molecule has 1 amide bonds. The third-order valence-corrected chi connectivity index (χ3v) is 3.24. The molecule has 0 aliphatic carbocycles. The maximum absolute atomic E-state index is 11.2. The van der Waals surface area contributed by atoms with Crippen LogP contribution in [0.2, 0.25) is 0 Å². The van der Waals surface area contributed by atoms with E-state index in [-0.39, 0.29) is 11.8 Å². The average molecular weight is 255 g/mol. The van der Waals surface area contributed by atoms with E-state index < -0.39 is 0 Å². The van der Waals surface area contributed by atoms with Crippen LogP contribution in [0.1, 0.15) is 18.4 Å². The van der Waals surface area contributed by atoms with Crippen molar-refractivity contribution in [1.82, 2.24) is 0 Å². The molecule has 98 valence electrons. The van der Waals surface area contributed by atoms with Crippen molar-refractivity contribution in [2.45, 2.75) is 12.8 Å². The van der Waals surface area contributed by atoms with Crippen molar-refractivity contribution >= 4 is 5.91 Å². The Kier molecular flexibility index (Phi) is 3.85. The second kappa shape index (κ2) is 5.57. The second-order valence-electron chi connectivity index (χ2n) is 4.45. The second-order valence-corrected chi connectivity index (χ2v) is 4.45. The lowest BCUT2D eigenvalue weighted by atomic mass is 9.96. The number of methoxy groups -OCH3 is 1. The van der Waals surface area contributed by atoms with Crippen molar-refractivity contribution in [3.05, 3.63) is 54.1 Å². The molecule has 3 heteroatoms. The van der Waals surface area contributed by atoms with Gasteiger partial charge in [-0.25, -0.2) is 0 Å². The fourth-order valence-electron chi connectivity index (χ4n) is 2.00. The summed E-state index contributed by atoms with van der Waals surface area (Å²) in [5.41, 5.74) is 8.28. The van der Waals surface area contributed by atoms with Gasteiger partial charge >= 0.3 is 0 Å². The minimum absolute atomic E-state index is 0.321. The van der Waals surface area contributed by atoms with Crippen molar-refractivity contribution in [2.24, 2.45) is 5.73 Å². The van der Waals surface area contributed by atoms with Gasteiger partial charge in [-0.3, -0.25) is 4.79 Å². The molecule has 0 saturated carbocycles. The van der Waals surface area contributed by atoms with Crippen LogP contribution >= 0.6 is 0 Å². The van der Waals surface area contributed by atoms with Gasteiger partial charge in [-0.1, -0.05) is 42.5 Å². The normalized spacial score (nSPS) is 11.9. The quantitative estimate of drug-likeness (QED) is 0.913. The van der Waals surface area contributed by atoms with Gasteiger partial charge in [0.15, 0.2) is 0 Å². The van der Waals surface area contributed by atoms with Crippen molar-refractivity contribution in [2.75, 3.05) is 7.11 Å². The minimum atomic E-state index is -0.338. The molecule has 0 aromatic heterocycles. The number of hydrogen-bond donors (Lipinski definition) is 1. The molecule has 2 rings (SSSR count). The number of primary amides is 1. The Morgan fingerprint density at radius 3 is 2.42 bits per heavy atom. The number of benzene rings is 2. The van der Waals surface area contributed by atoms with E-state index in [9.17, 15) is 4.79 Å². The zero-order chi connectivity index (χ0) is 13.8. The molecule has 1 atom stereocenters. The molecule has 0 heterocycles. The highest BCUT2D eigenvalue weighted by atomic mass is 16.5. The molecule has 0 fully saturated rings. The highest BCUT2D eigenvalue weighted by Crippen LogP contribution is 2.32. The lowest BCUT2D eigenvalue weighted by Gasteiger charge is -2.13. The number of amides is 1. The fraction of sp³-hybridized carbons (Fsp3) is 0.188. The van der Waals surface area contributed by atoms with E-state index in [2.05, 4.69) is 0 Å². The maximum atomic E-state index is 11.2. The molecular formula is C16H17NO2. The van der Waals surface area contributed by atoms with Crippen LogP contribution in [0.3, 0.4) is 0 Å². The fourth-order valence-corrected chi connectivity index (χ4v) is 2.00. The van der Waals surface area contributed by atoms with Gasteiger partial charge in [0, 0.05) is 5.56 Å². The van der Waals surface area contributed by atoms with Gasteiger partial charge in [-0.05, 0) is 24.1 Å². The molecule has 1 unspecified atom stereocenters. The third kappa shape index (κ3) is 2.76. The van der Waals surface area contributed by atoms with Crippen molar-refractivity contribution in [3.63, 3.8) is 0 Å². The Bertz CT molecular complexity index is 579. The minimum Gasteiger partial charge on any atom is -0.496 e. The standard InChI is InChI=1S/C16H17NO2/c1-11(16(17)18)13-8-9-14(15(10-13)19-2)12-6-4-3-5-7-12/h3-11H,1-2H3,(H2,17,18). The Morgan fingerprint density at radius 1 is 1.16 bits per heavy atom. The summed E-state index contributed by atoms with van der Waals surface area (Å²) in [6.07, 6.45) is 0. The number of ether oxygens (including phenoxy) is 1. The first-order chi connectivity index (χ1) is 9.13. The summed E-state index contributed by atoms with van der Waals surface area (Å²) >= 11 is 0. The number of carbonyl (C=O) groups is 1. The highest BCUT2D eigenvalue weighted by Gasteiger charge is 2.14. The first-order valence-electron chi connectivity index (χ1n) is 6.16. The van der Waals surface area contributed by atoms with Crippen molar-refractivity contribution in [3.8, 4) is 16.9 Å². The monoisotopic (exact) mass is 255 g/mol. The highest BCUT2D eigenvalue weighted by molar-refractivity contribution is 5.82.